The number of nitro groups is 1. The minimum atomic E-state index is -4.29. The van der Waals surface area contributed by atoms with Crippen molar-refractivity contribution in [3.8, 4) is 0 Å². The van der Waals surface area contributed by atoms with E-state index in [0.29, 0.717) is 10.6 Å². The fraction of sp³-hybridized carbons (Fsp3) is 0.231. The van der Waals surface area contributed by atoms with E-state index >= 15 is 0 Å². The van der Waals surface area contributed by atoms with Crippen LogP contribution in [0, 0.1) is 10.1 Å². The molecule has 0 fully saturated rings. The van der Waals surface area contributed by atoms with E-state index < -0.39 is 39.3 Å². The van der Waals surface area contributed by atoms with Crippen molar-refractivity contribution in [2.45, 2.75) is 30.8 Å². The number of halogens is 2. The molecule has 0 saturated heterocycles. The predicted molar refractivity (Wildman–Crippen MR) is 149 cm³/mol. The van der Waals surface area contributed by atoms with E-state index in [-0.39, 0.29) is 34.3 Å². The summed E-state index contributed by atoms with van der Waals surface area (Å²) in [6, 6.07) is 16.1. The zero-order chi connectivity index (χ0) is 28.7. The van der Waals surface area contributed by atoms with Crippen molar-refractivity contribution in [1.82, 2.24) is 10.2 Å². The number of nitrogens with one attached hydrogen (secondary N) is 1. The van der Waals surface area contributed by atoms with Gasteiger partial charge in [-0.25, -0.2) is 8.42 Å². The molecule has 3 aromatic rings. The van der Waals surface area contributed by atoms with E-state index in [2.05, 4.69) is 5.32 Å². The number of hydrogen-bond acceptors (Lipinski definition) is 6. The Balaban J connectivity index is 2.08. The highest BCUT2D eigenvalue weighted by atomic mass is 35.5. The molecule has 206 valence electrons. The van der Waals surface area contributed by atoms with Crippen LogP contribution in [0.1, 0.15) is 18.9 Å². The zero-order valence-corrected chi connectivity index (χ0v) is 23.4. The molecule has 13 heteroatoms. The minimum absolute atomic E-state index is 0.0373. The van der Waals surface area contributed by atoms with Gasteiger partial charge in [0.25, 0.3) is 15.7 Å². The SMILES string of the molecule is CCC(C(=O)NC)N(Cc1ccc(Cl)cc1Cl)C(=O)CN(c1ccc([N+](=O)[O-])cc1)S(=O)(=O)c1ccccc1. The Kier molecular flexibility index (Phi) is 9.90. The van der Waals surface area contributed by atoms with Crippen molar-refractivity contribution in [1.29, 1.82) is 0 Å². The summed E-state index contributed by atoms with van der Waals surface area (Å²) in [4.78, 5) is 38.3. The summed E-state index contributed by atoms with van der Waals surface area (Å²) in [5.74, 6) is -1.13. The first-order valence-electron chi connectivity index (χ1n) is 11.8. The molecule has 1 unspecified atom stereocenters. The number of likely N-dealkylation sites (N-methyl/N-ethyl adjacent to an activating group) is 1. The lowest BCUT2D eigenvalue weighted by Gasteiger charge is -2.33. The number of carbonyl (C=O) groups is 2. The number of sulfonamides is 1. The van der Waals surface area contributed by atoms with Gasteiger partial charge < -0.3 is 10.2 Å². The fourth-order valence-electron chi connectivity index (χ4n) is 3.91. The summed E-state index contributed by atoms with van der Waals surface area (Å²) in [6.45, 7) is 0.937. The highest BCUT2D eigenvalue weighted by Gasteiger charge is 2.33. The number of nitro benzene ring substituents is 1. The average Bonchev–Trinajstić information content (AvgIpc) is 2.92. The number of carbonyl (C=O) groups excluding carboxylic acids is 2. The quantitative estimate of drug-likeness (QED) is 0.255. The van der Waals surface area contributed by atoms with Crippen molar-refractivity contribution < 1.29 is 22.9 Å². The first-order valence-corrected chi connectivity index (χ1v) is 14.0. The average molecular weight is 593 g/mol. The smallest absolute Gasteiger partial charge is 0.269 e. The van der Waals surface area contributed by atoms with Crippen LogP contribution in [0.25, 0.3) is 0 Å². The Labute approximate surface area is 236 Å². The lowest BCUT2D eigenvalue weighted by atomic mass is 10.1. The normalized spacial score (nSPS) is 11.9. The van der Waals surface area contributed by atoms with Gasteiger partial charge in [-0.2, -0.15) is 0 Å². The third-order valence-electron chi connectivity index (χ3n) is 5.95. The minimum Gasteiger partial charge on any atom is -0.357 e. The van der Waals surface area contributed by atoms with Gasteiger partial charge in [0.1, 0.15) is 12.6 Å². The van der Waals surface area contributed by atoms with Crippen molar-refractivity contribution in [2.75, 3.05) is 17.9 Å². The maximum Gasteiger partial charge on any atom is 0.269 e. The Hall–Kier alpha value is -3.67. The number of hydrogen-bond donors (Lipinski definition) is 1. The van der Waals surface area contributed by atoms with Gasteiger partial charge in [-0.1, -0.05) is 54.4 Å². The van der Waals surface area contributed by atoms with Crippen LogP contribution in [0.4, 0.5) is 11.4 Å². The van der Waals surface area contributed by atoms with Gasteiger partial charge in [-0.15, -0.1) is 0 Å². The van der Waals surface area contributed by atoms with Gasteiger partial charge in [0.15, 0.2) is 0 Å². The molecular weight excluding hydrogens is 567 g/mol. The Morgan fingerprint density at radius 3 is 2.21 bits per heavy atom. The van der Waals surface area contributed by atoms with E-state index in [1.54, 1.807) is 25.1 Å². The van der Waals surface area contributed by atoms with Gasteiger partial charge in [0, 0.05) is 35.8 Å². The molecule has 0 aromatic heterocycles. The van der Waals surface area contributed by atoms with Gasteiger partial charge >= 0.3 is 0 Å². The molecule has 0 bridgehead atoms. The molecule has 0 spiro atoms. The number of non-ortho nitro benzene ring substituents is 1. The summed E-state index contributed by atoms with van der Waals surface area (Å²) in [6.07, 6.45) is 0.236. The second-order valence-electron chi connectivity index (χ2n) is 8.39. The lowest BCUT2D eigenvalue weighted by Crippen LogP contribution is -2.51. The monoisotopic (exact) mass is 592 g/mol. The molecule has 0 aliphatic carbocycles. The van der Waals surface area contributed by atoms with Crippen LogP contribution in [0.15, 0.2) is 77.7 Å². The molecule has 39 heavy (non-hydrogen) atoms. The number of nitrogens with zero attached hydrogens (tertiary/aromatic N) is 3. The van der Waals surface area contributed by atoms with Gasteiger partial charge in [-0.05, 0) is 48.4 Å². The molecule has 3 aromatic carbocycles. The van der Waals surface area contributed by atoms with Crippen LogP contribution in [0.2, 0.25) is 10.0 Å². The topological polar surface area (TPSA) is 130 Å². The summed E-state index contributed by atoms with van der Waals surface area (Å²) in [7, 11) is -2.85. The molecule has 1 N–H and O–H groups in total. The molecule has 10 nitrogen and oxygen atoms in total. The van der Waals surface area contributed by atoms with Crippen LogP contribution < -0.4 is 9.62 Å². The summed E-state index contributed by atoms with van der Waals surface area (Å²) in [5.41, 5.74) is 0.298. The van der Waals surface area contributed by atoms with E-state index in [9.17, 15) is 28.1 Å². The summed E-state index contributed by atoms with van der Waals surface area (Å²) in [5, 5.41) is 14.3. The van der Waals surface area contributed by atoms with Crippen molar-refractivity contribution >= 4 is 56.4 Å². The van der Waals surface area contributed by atoms with Crippen molar-refractivity contribution in [2.24, 2.45) is 0 Å². The van der Waals surface area contributed by atoms with E-state index in [0.717, 1.165) is 16.4 Å². The summed E-state index contributed by atoms with van der Waals surface area (Å²) < 4.78 is 28.3. The molecule has 3 rings (SSSR count). The number of amides is 2. The van der Waals surface area contributed by atoms with Crippen LogP contribution in [0.3, 0.4) is 0 Å². The number of benzene rings is 3. The first kappa shape index (κ1) is 29.9. The maximum absolute atomic E-state index is 13.8. The lowest BCUT2D eigenvalue weighted by molar-refractivity contribution is -0.384. The van der Waals surface area contributed by atoms with Crippen LogP contribution >= 0.6 is 23.2 Å². The zero-order valence-electron chi connectivity index (χ0n) is 21.1. The fourth-order valence-corrected chi connectivity index (χ4v) is 5.81. The van der Waals surface area contributed by atoms with Crippen molar-refractivity contribution in [3.05, 3.63) is 98.5 Å². The highest BCUT2D eigenvalue weighted by molar-refractivity contribution is 7.92. The first-order chi connectivity index (χ1) is 18.5. The summed E-state index contributed by atoms with van der Waals surface area (Å²) >= 11 is 12.4. The van der Waals surface area contributed by atoms with Crippen molar-refractivity contribution in [3.63, 3.8) is 0 Å². The second-order valence-corrected chi connectivity index (χ2v) is 11.1. The van der Waals surface area contributed by atoms with Crippen LogP contribution in [0.5, 0.6) is 0 Å². The standard InChI is InChI=1S/C26H26Cl2N4O6S/c1-3-24(26(34)29-2)30(16-18-9-10-19(27)15-23(18)28)25(33)17-31(20-11-13-21(14-12-20)32(35)36)39(37,38)22-7-5-4-6-8-22/h4-15,24H,3,16-17H2,1-2H3,(H,29,34). The number of anilines is 1. The van der Waals surface area contributed by atoms with Gasteiger partial charge in [0.2, 0.25) is 11.8 Å². The van der Waals surface area contributed by atoms with Crippen LogP contribution in [-0.2, 0) is 26.2 Å². The maximum atomic E-state index is 13.8. The largest absolute Gasteiger partial charge is 0.357 e. The number of rotatable bonds is 11. The highest BCUT2D eigenvalue weighted by Crippen LogP contribution is 2.28. The molecule has 1 atom stereocenters. The Morgan fingerprint density at radius 1 is 1.03 bits per heavy atom. The second kappa shape index (κ2) is 12.9. The molecule has 2 amide bonds. The van der Waals surface area contributed by atoms with Gasteiger partial charge in [-0.3, -0.25) is 24.0 Å². The van der Waals surface area contributed by atoms with E-state index in [4.69, 9.17) is 23.2 Å². The van der Waals surface area contributed by atoms with E-state index in [1.165, 1.54) is 54.4 Å². The molecule has 0 saturated carbocycles. The molecular formula is C26H26Cl2N4O6S. The van der Waals surface area contributed by atoms with Gasteiger partial charge in [0.05, 0.1) is 15.5 Å². The molecule has 0 heterocycles. The van der Waals surface area contributed by atoms with E-state index in [1.807, 2.05) is 0 Å². The Bertz CT molecular complexity index is 1450. The van der Waals surface area contributed by atoms with Crippen LogP contribution in [-0.4, -0.2) is 49.7 Å². The third kappa shape index (κ3) is 7.05. The molecule has 0 radical (unpaired) electrons. The Morgan fingerprint density at radius 2 is 1.67 bits per heavy atom. The molecule has 0 aliphatic heterocycles. The molecule has 0 aliphatic rings. The third-order valence-corrected chi connectivity index (χ3v) is 8.32. The predicted octanol–water partition coefficient (Wildman–Crippen LogP) is 4.65.